The summed E-state index contributed by atoms with van der Waals surface area (Å²) < 4.78 is 34.1. The van der Waals surface area contributed by atoms with Gasteiger partial charge in [0.1, 0.15) is 11.4 Å². The monoisotopic (exact) mass is 412 g/mol. The highest BCUT2D eigenvalue weighted by Gasteiger charge is 2.43. The van der Waals surface area contributed by atoms with E-state index in [-0.39, 0.29) is 22.6 Å². The second kappa shape index (κ2) is 8.29. The number of carbonyl (C=O) groups excluding carboxylic acids is 1. The molecule has 1 saturated heterocycles. The molecule has 1 amide bonds. The maximum atomic E-state index is 12.7. The second-order valence-electron chi connectivity index (χ2n) is 8.87. The average molecular weight is 413 g/mol. The van der Waals surface area contributed by atoms with Crippen LogP contribution in [0.2, 0.25) is 0 Å². The zero-order valence-corrected chi connectivity index (χ0v) is 18.2. The minimum atomic E-state index is -3.75. The van der Waals surface area contributed by atoms with Crippen molar-refractivity contribution in [1.29, 1.82) is 0 Å². The van der Waals surface area contributed by atoms with E-state index in [1.807, 2.05) is 25.7 Å². The fourth-order valence-corrected chi connectivity index (χ4v) is 4.04. The van der Waals surface area contributed by atoms with Crippen molar-refractivity contribution >= 4 is 16.1 Å². The number of hydrogen-bond donors (Lipinski definition) is 1. The molecule has 1 aromatic carbocycles. The SMILES string of the molecule is CC(C)(C)OC(=O)N1[C@H](CCCOc2cccc(S(N)(=O)=O)c2)CCC1(C)C. The number of amides is 1. The molecule has 28 heavy (non-hydrogen) atoms. The molecule has 1 aromatic rings. The zero-order valence-electron chi connectivity index (χ0n) is 17.4. The Morgan fingerprint density at radius 3 is 2.61 bits per heavy atom. The molecule has 7 nitrogen and oxygen atoms in total. The topological polar surface area (TPSA) is 98.9 Å². The molecule has 2 N–H and O–H groups in total. The molecule has 0 aromatic heterocycles. The van der Waals surface area contributed by atoms with E-state index in [4.69, 9.17) is 14.6 Å². The number of primary sulfonamides is 1. The number of rotatable bonds is 6. The number of nitrogens with zero attached hydrogens (tertiary/aromatic N) is 1. The summed E-state index contributed by atoms with van der Waals surface area (Å²) >= 11 is 0. The van der Waals surface area contributed by atoms with Gasteiger partial charge in [-0.3, -0.25) is 0 Å². The lowest BCUT2D eigenvalue weighted by molar-refractivity contribution is 0.00255. The first-order valence-electron chi connectivity index (χ1n) is 9.58. The van der Waals surface area contributed by atoms with Gasteiger partial charge < -0.3 is 14.4 Å². The summed E-state index contributed by atoms with van der Waals surface area (Å²) in [4.78, 5) is 14.6. The Labute approximate surface area is 168 Å². The quantitative estimate of drug-likeness (QED) is 0.719. The molecule has 0 aliphatic carbocycles. The van der Waals surface area contributed by atoms with Crippen LogP contribution in [0.4, 0.5) is 4.79 Å². The van der Waals surface area contributed by atoms with Crippen LogP contribution in [-0.4, -0.2) is 43.2 Å². The Kier molecular flexibility index (Phi) is 6.66. The first kappa shape index (κ1) is 22.5. The normalized spacial score (nSPS) is 19.5. The third-order valence-electron chi connectivity index (χ3n) is 4.78. The molecular weight excluding hydrogens is 380 g/mol. The van der Waals surface area contributed by atoms with E-state index in [2.05, 4.69) is 13.8 Å². The minimum absolute atomic E-state index is 0.0265. The van der Waals surface area contributed by atoms with Crippen LogP contribution in [0.15, 0.2) is 29.2 Å². The van der Waals surface area contributed by atoms with Gasteiger partial charge in [-0.1, -0.05) is 6.07 Å². The van der Waals surface area contributed by atoms with E-state index in [1.54, 1.807) is 12.1 Å². The number of sulfonamides is 1. The van der Waals surface area contributed by atoms with Crippen LogP contribution in [0.1, 0.15) is 60.3 Å². The summed E-state index contributed by atoms with van der Waals surface area (Å²) in [5.41, 5.74) is -0.768. The van der Waals surface area contributed by atoms with E-state index in [0.717, 1.165) is 25.7 Å². The summed E-state index contributed by atoms with van der Waals surface area (Å²) in [6.07, 6.45) is 3.10. The van der Waals surface area contributed by atoms with Gasteiger partial charge in [0.05, 0.1) is 11.5 Å². The Balaban J connectivity index is 1.92. The van der Waals surface area contributed by atoms with Gasteiger partial charge in [0, 0.05) is 17.6 Å². The maximum Gasteiger partial charge on any atom is 0.410 e. The zero-order chi connectivity index (χ0) is 21.2. The van der Waals surface area contributed by atoms with Gasteiger partial charge in [0.2, 0.25) is 10.0 Å². The first-order chi connectivity index (χ1) is 12.8. The highest BCUT2D eigenvalue weighted by atomic mass is 32.2. The number of hydrogen-bond acceptors (Lipinski definition) is 5. The van der Waals surface area contributed by atoms with Gasteiger partial charge in [0.25, 0.3) is 0 Å². The van der Waals surface area contributed by atoms with E-state index in [9.17, 15) is 13.2 Å². The van der Waals surface area contributed by atoms with Crippen molar-refractivity contribution < 1.29 is 22.7 Å². The summed E-state index contributed by atoms with van der Waals surface area (Å²) in [5.74, 6) is 0.460. The molecule has 1 aliphatic rings. The first-order valence-corrected chi connectivity index (χ1v) is 11.1. The summed E-state index contributed by atoms with van der Waals surface area (Å²) in [6.45, 7) is 10.1. The van der Waals surface area contributed by atoms with Crippen molar-refractivity contribution in [3.63, 3.8) is 0 Å². The van der Waals surface area contributed by atoms with Crippen LogP contribution in [0.5, 0.6) is 5.75 Å². The predicted molar refractivity (Wildman–Crippen MR) is 108 cm³/mol. The molecule has 8 heteroatoms. The summed E-state index contributed by atoms with van der Waals surface area (Å²) in [7, 11) is -3.75. The Bertz CT molecular complexity index is 799. The molecular formula is C20H32N2O5S. The van der Waals surface area contributed by atoms with Crippen LogP contribution in [0.3, 0.4) is 0 Å². The van der Waals surface area contributed by atoms with Gasteiger partial charge in [-0.25, -0.2) is 18.4 Å². The fourth-order valence-electron chi connectivity index (χ4n) is 3.49. The van der Waals surface area contributed by atoms with Gasteiger partial charge in [-0.15, -0.1) is 0 Å². The molecule has 2 rings (SSSR count). The molecule has 0 radical (unpaired) electrons. The van der Waals surface area contributed by atoms with Crippen molar-refractivity contribution in [1.82, 2.24) is 4.90 Å². The third-order valence-corrected chi connectivity index (χ3v) is 5.69. The highest BCUT2D eigenvalue weighted by molar-refractivity contribution is 7.89. The predicted octanol–water partition coefficient (Wildman–Crippen LogP) is 3.67. The number of nitrogens with two attached hydrogens (primary N) is 1. The summed E-state index contributed by atoms with van der Waals surface area (Å²) in [6, 6.07) is 6.24. The molecule has 1 aliphatic heterocycles. The van der Waals surface area contributed by atoms with Crippen molar-refractivity contribution in [3.05, 3.63) is 24.3 Å². The maximum absolute atomic E-state index is 12.7. The van der Waals surface area contributed by atoms with Crippen molar-refractivity contribution in [2.24, 2.45) is 5.14 Å². The number of ether oxygens (including phenoxy) is 2. The molecule has 1 fully saturated rings. The van der Waals surface area contributed by atoms with Crippen LogP contribution in [-0.2, 0) is 14.8 Å². The number of likely N-dealkylation sites (tertiary alicyclic amines) is 1. The summed E-state index contributed by atoms with van der Waals surface area (Å²) in [5, 5.41) is 5.14. The van der Waals surface area contributed by atoms with E-state index < -0.39 is 15.6 Å². The van der Waals surface area contributed by atoms with E-state index >= 15 is 0 Å². The van der Waals surface area contributed by atoms with Crippen molar-refractivity contribution in [3.8, 4) is 5.75 Å². The van der Waals surface area contributed by atoms with E-state index in [1.165, 1.54) is 12.1 Å². The van der Waals surface area contributed by atoms with Crippen LogP contribution in [0.25, 0.3) is 0 Å². The molecule has 158 valence electrons. The van der Waals surface area contributed by atoms with Crippen LogP contribution >= 0.6 is 0 Å². The van der Waals surface area contributed by atoms with Gasteiger partial charge in [0.15, 0.2) is 0 Å². The standard InChI is InChI=1S/C20H32N2O5S/c1-19(2,3)27-18(23)22-15(11-12-20(22,4)5)8-7-13-26-16-9-6-10-17(14-16)28(21,24)25/h6,9-10,14-15H,7-8,11-13H2,1-5H3,(H2,21,24,25)/t15-/m1/s1. The lowest BCUT2D eigenvalue weighted by Crippen LogP contribution is -2.49. The van der Waals surface area contributed by atoms with Gasteiger partial charge in [-0.05, 0) is 72.4 Å². The average Bonchev–Trinajstić information content (AvgIpc) is 2.84. The lowest BCUT2D eigenvalue weighted by atomic mass is 10.0. The lowest BCUT2D eigenvalue weighted by Gasteiger charge is -2.37. The molecule has 0 saturated carbocycles. The van der Waals surface area contributed by atoms with Gasteiger partial charge in [-0.2, -0.15) is 0 Å². The minimum Gasteiger partial charge on any atom is -0.494 e. The number of benzene rings is 1. The second-order valence-corrected chi connectivity index (χ2v) is 10.4. The Hall–Kier alpha value is -1.80. The third kappa shape index (κ3) is 6.10. The molecule has 0 spiro atoms. The highest BCUT2D eigenvalue weighted by Crippen LogP contribution is 2.36. The molecule has 1 atom stereocenters. The number of carbonyl (C=O) groups is 1. The smallest absolute Gasteiger partial charge is 0.410 e. The Morgan fingerprint density at radius 1 is 1.32 bits per heavy atom. The molecule has 0 bridgehead atoms. The molecule has 1 heterocycles. The van der Waals surface area contributed by atoms with Gasteiger partial charge >= 0.3 is 6.09 Å². The van der Waals surface area contributed by atoms with Crippen LogP contribution in [0, 0.1) is 0 Å². The Morgan fingerprint density at radius 2 is 2.00 bits per heavy atom. The molecule has 0 unspecified atom stereocenters. The fraction of sp³-hybridized carbons (Fsp3) is 0.650. The van der Waals surface area contributed by atoms with Crippen LogP contribution < -0.4 is 9.88 Å². The van der Waals surface area contributed by atoms with E-state index in [0.29, 0.717) is 12.4 Å². The van der Waals surface area contributed by atoms with Crippen molar-refractivity contribution in [2.75, 3.05) is 6.61 Å². The van der Waals surface area contributed by atoms with Crippen molar-refractivity contribution in [2.45, 2.75) is 82.4 Å². The largest absolute Gasteiger partial charge is 0.494 e.